The topological polar surface area (TPSA) is 70.9 Å². The van der Waals surface area contributed by atoms with E-state index in [1.165, 1.54) is 0 Å². The van der Waals surface area contributed by atoms with E-state index < -0.39 is 0 Å². The molecule has 8 heteroatoms. The third-order valence-electron chi connectivity index (χ3n) is 5.55. The first kappa shape index (κ1) is 25.0. The van der Waals surface area contributed by atoms with E-state index >= 15 is 0 Å². The van der Waals surface area contributed by atoms with Crippen molar-refractivity contribution in [3.63, 3.8) is 0 Å². The summed E-state index contributed by atoms with van der Waals surface area (Å²) in [7, 11) is 3.51. The van der Waals surface area contributed by atoms with Crippen LogP contribution in [0.4, 0.5) is 5.69 Å². The molecule has 31 heavy (non-hydrogen) atoms. The Labute approximate surface area is 201 Å². The molecule has 1 aliphatic rings. The van der Waals surface area contributed by atoms with E-state index in [-0.39, 0.29) is 29.5 Å². The fourth-order valence-corrected chi connectivity index (χ4v) is 3.89. The van der Waals surface area contributed by atoms with Gasteiger partial charge < -0.3 is 24.8 Å². The van der Waals surface area contributed by atoms with Gasteiger partial charge in [-0.2, -0.15) is 0 Å². The van der Waals surface area contributed by atoms with Gasteiger partial charge in [0.1, 0.15) is 5.75 Å². The van der Waals surface area contributed by atoms with Gasteiger partial charge in [0.15, 0.2) is 5.96 Å². The van der Waals surface area contributed by atoms with Gasteiger partial charge in [0, 0.05) is 51.0 Å². The lowest BCUT2D eigenvalue weighted by Gasteiger charge is -2.22. The number of benzene rings is 1. The highest BCUT2D eigenvalue weighted by molar-refractivity contribution is 14.0. The van der Waals surface area contributed by atoms with E-state index in [2.05, 4.69) is 26.6 Å². The van der Waals surface area contributed by atoms with Gasteiger partial charge in [-0.05, 0) is 44.4 Å². The zero-order chi connectivity index (χ0) is 21.3. The van der Waals surface area contributed by atoms with E-state index in [9.17, 15) is 4.79 Å². The molecule has 0 saturated carbocycles. The van der Waals surface area contributed by atoms with Crippen molar-refractivity contribution < 1.29 is 4.74 Å². The number of aryl methyl sites for hydroxylation is 1. The van der Waals surface area contributed by atoms with Gasteiger partial charge in [-0.3, -0.25) is 9.79 Å². The predicted molar refractivity (Wildman–Crippen MR) is 138 cm³/mol. The molecule has 0 bridgehead atoms. The zero-order valence-corrected chi connectivity index (χ0v) is 21.0. The molecule has 3 rings (SSSR count). The molecule has 0 spiro atoms. The molecule has 1 saturated heterocycles. The number of aliphatic imine (C=N–C) groups is 1. The van der Waals surface area contributed by atoms with Crippen molar-refractivity contribution in [3.8, 4) is 5.75 Å². The van der Waals surface area contributed by atoms with Crippen molar-refractivity contribution in [2.75, 3.05) is 38.7 Å². The minimum absolute atomic E-state index is 0. The quantitative estimate of drug-likeness (QED) is 0.234. The standard InChI is InChI=1S/C23H33N5O2.HI/c1-18-9-8-12-22(29)28(18)15-7-6-14-25-23(24-2)26-19-13-16-27(17-19)20-10-4-5-11-21(20)30-3;/h4-5,8-12,19H,6-7,13-17H2,1-3H3,(H2,24,25,26);1H. The lowest BCUT2D eigenvalue weighted by molar-refractivity contribution is 0.415. The van der Waals surface area contributed by atoms with Gasteiger partial charge in [-0.1, -0.05) is 18.2 Å². The molecule has 1 aliphatic heterocycles. The number of hydrogen-bond acceptors (Lipinski definition) is 4. The van der Waals surface area contributed by atoms with E-state index in [1.54, 1.807) is 20.2 Å². The van der Waals surface area contributed by atoms with Crippen LogP contribution in [0.25, 0.3) is 0 Å². The predicted octanol–water partition coefficient (Wildman–Crippen LogP) is 3.01. The molecule has 2 N–H and O–H groups in total. The number of rotatable bonds is 8. The molecule has 1 aromatic heterocycles. The smallest absolute Gasteiger partial charge is 0.250 e. The Kier molecular flexibility index (Phi) is 10.2. The average Bonchev–Trinajstić information content (AvgIpc) is 3.22. The van der Waals surface area contributed by atoms with E-state index in [0.717, 1.165) is 68.5 Å². The molecule has 1 unspecified atom stereocenters. The number of para-hydroxylation sites is 2. The van der Waals surface area contributed by atoms with Gasteiger partial charge in [-0.15, -0.1) is 24.0 Å². The SMILES string of the molecule is CN=C(NCCCCn1c(C)cccc1=O)NC1CCN(c2ccccc2OC)C1.I. The van der Waals surface area contributed by atoms with Gasteiger partial charge in [0.25, 0.3) is 5.56 Å². The van der Waals surface area contributed by atoms with Crippen molar-refractivity contribution >= 4 is 35.6 Å². The summed E-state index contributed by atoms with van der Waals surface area (Å²) in [6, 6.07) is 13.9. The summed E-state index contributed by atoms with van der Waals surface area (Å²) in [6.45, 7) is 5.44. The summed E-state index contributed by atoms with van der Waals surface area (Å²) in [5, 5.41) is 6.93. The molecule has 0 amide bonds. The number of halogens is 1. The maximum Gasteiger partial charge on any atom is 0.250 e. The molecule has 0 aliphatic carbocycles. The van der Waals surface area contributed by atoms with Crippen molar-refractivity contribution in [3.05, 3.63) is 58.5 Å². The minimum atomic E-state index is 0. The normalized spacial score (nSPS) is 16.0. The summed E-state index contributed by atoms with van der Waals surface area (Å²) in [6.07, 6.45) is 2.97. The maximum absolute atomic E-state index is 11.9. The molecular weight excluding hydrogens is 505 g/mol. The molecule has 1 atom stereocenters. The number of nitrogens with zero attached hydrogens (tertiary/aromatic N) is 3. The largest absolute Gasteiger partial charge is 0.495 e. The second kappa shape index (κ2) is 12.6. The van der Waals surface area contributed by atoms with Crippen LogP contribution >= 0.6 is 24.0 Å². The Morgan fingerprint density at radius 2 is 2.00 bits per heavy atom. The number of guanidine groups is 1. The summed E-state index contributed by atoms with van der Waals surface area (Å²) < 4.78 is 7.33. The van der Waals surface area contributed by atoms with Crippen molar-refractivity contribution in [2.45, 2.75) is 38.8 Å². The Morgan fingerprint density at radius 3 is 2.74 bits per heavy atom. The van der Waals surface area contributed by atoms with Crippen LogP contribution in [0.15, 0.2) is 52.3 Å². The van der Waals surface area contributed by atoms with E-state index in [0.29, 0.717) is 6.04 Å². The van der Waals surface area contributed by atoms with Gasteiger partial charge in [0.2, 0.25) is 0 Å². The Balaban J connectivity index is 0.00000341. The van der Waals surface area contributed by atoms with Crippen LogP contribution in [0.1, 0.15) is 25.0 Å². The van der Waals surface area contributed by atoms with Crippen LogP contribution in [0.3, 0.4) is 0 Å². The maximum atomic E-state index is 11.9. The number of aromatic nitrogens is 1. The molecule has 1 fully saturated rings. The van der Waals surface area contributed by atoms with Crippen LogP contribution in [0.2, 0.25) is 0 Å². The molecular formula is C23H34IN5O2. The fourth-order valence-electron chi connectivity index (χ4n) is 3.89. The van der Waals surface area contributed by atoms with Crippen molar-refractivity contribution in [2.24, 2.45) is 4.99 Å². The number of hydrogen-bond donors (Lipinski definition) is 2. The molecule has 7 nitrogen and oxygen atoms in total. The average molecular weight is 539 g/mol. The molecule has 170 valence electrons. The lowest BCUT2D eigenvalue weighted by atomic mass is 10.2. The van der Waals surface area contributed by atoms with Crippen LogP contribution in [0, 0.1) is 6.92 Å². The van der Waals surface area contributed by atoms with Crippen LogP contribution in [-0.4, -0.2) is 50.4 Å². The monoisotopic (exact) mass is 539 g/mol. The molecule has 1 aromatic carbocycles. The van der Waals surface area contributed by atoms with Crippen molar-refractivity contribution in [1.29, 1.82) is 0 Å². The number of anilines is 1. The zero-order valence-electron chi connectivity index (χ0n) is 18.6. The first-order valence-electron chi connectivity index (χ1n) is 10.6. The van der Waals surface area contributed by atoms with Crippen LogP contribution in [-0.2, 0) is 6.54 Å². The number of nitrogens with one attached hydrogen (secondary N) is 2. The number of methoxy groups -OCH3 is 1. The third kappa shape index (κ3) is 6.88. The highest BCUT2D eigenvalue weighted by Crippen LogP contribution is 2.30. The molecule has 2 heterocycles. The third-order valence-corrected chi connectivity index (χ3v) is 5.55. The molecule has 0 radical (unpaired) electrons. The van der Waals surface area contributed by atoms with Crippen LogP contribution < -0.4 is 25.8 Å². The summed E-state index contributed by atoms with van der Waals surface area (Å²) in [4.78, 5) is 18.6. The minimum Gasteiger partial charge on any atom is -0.495 e. The van der Waals surface area contributed by atoms with Gasteiger partial charge >= 0.3 is 0 Å². The Hall–Kier alpha value is -2.23. The number of unbranched alkanes of at least 4 members (excludes halogenated alkanes) is 1. The highest BCUT2D eigenvalue weighted by atomic mass is 127. The summed E-state index contributed by atoms with van der Waals surface area (Å²) in [5.41, 5.74) is 2.22. The lowest BCUT2D eigenvalue weighted by Crippen LogP contribution is -2.44. The van der Waals surface area contributed by atoms with Crippen molar-refractivity contribution in [1.82, 2.24) is 15.2 Å². The molecule has 2 aromatic rings. The van der Waals surface area contributed by atoms with Gasteiger partial charge in [0.05, 0.1) is 12.8 Å². The first-order chi connectivity index (χ1) is 14.6. The van der Waals surface area contributed by atoms with Gasteiger partial charge in [-0.25, -0.2) is 0 Å². The Morgan fingerprint density at radius 1 is 1.19 bits per heavy atom. The fraction of sp³-hybridized carbons (Fsp3) is 0.478. The van der Waals surface area contributed by atoms with E-state index in [1.807, 2.05) is 41.8 Å². The first-order valence-corrected chi connectivity index (χ1v) is 10.6. The number of ether oxygens (including phenoxy) is 1. The highest BCUT2D eigenvalue weighted by Gasteiger charge is 2.25. The number of pyridine rings is 1. The second-order valence-electron chi connectivity index (χ2n) is 7.61. The second-order valence-corrected chi connectivity index (χ2v) is 7.61. The van der Waals surface area contributed by atoms with Crippen LogP contribution in [0.5, 0.6) is 5.75 Å². The summed E-state index contributed by atoms with van der Waals surface area (Å²) >= 11 is 0. The summed E-state index contributed by atoms with van der Waals surface area (Å²) in [5.74, 6) is 1.74. The Bertz CT molecular complexity index is 915. The van der Waals surface area contributed by atoms with E-state index in [4.69, 9.17) is 4.74 Å².